The Balaban J connectivity index is 1.91. The number of alkyl halides is 3. The molecule has 156 valence electrons. The number of benzene rings is 1. The number of ether oxygens (including phenoxy) is 1. The Morgan fingerprint density at radius 1 is 1.37 bits per heavy atom. The fourth-order valence-corrected chi connectivity index (χ4v) is 3.24. The van der Waals surface area contributed by atoms with E-state index in [2.05, 4.69) is 14.7 Å². The van der Waals surface area contributed by atoms with E-state index in [-0.39, 0.29) is 28.8 Å². The summed E-state index contributed by atoms with van der Waals surface area (Å²) < 4.78 is 59.3. The van der Waals surface area contributed by atoms with Crippen molar-refractivity contribution in [3.63, 3.8) is 0 Å². The van der Waals surface area contributed by atoms with Crippen LogP contribution in [0, 0.1) is 17.1 Å². The lowest BCUT2D eigenvalue weighted by molar-refractivity contribution is -0.208. The SMILES string of the molecule is C[C@@]1(c2cccc(CC(=O)c3ccc(C#N)cn3)c2F)C[C@@H](C(F)(F)F)OC(N)=N1. The van der Waals surface area contributed by atoms with E-state index in [9.17, 15) is 18.0 Å². The van der Waals surface area contributed by atoms with Crippen LogP contribution in [0.3, 0.4) is 0 Å². The molecule has 0 spiro atoms. The summed E-state index contributed by atoms with van der Waals surface area (Å²) in [7, 11) is 0. The molecule has 1 aliphatic heterocycles. The number of carbonyl (C=O) groups excluding carboxylic acids is 1. The van der Waals surface area contributed by atoms with Gasteiger partial charge in [0, 0.05) is 24.6 Å². The van der Waals surface area contributed by atoms with Crippen molar-refractivity contribution >= 4 is 11.8 Å². The van der Waals surface area contributed by atoms with Crippen LogP contribution in [0.15, 0.2) is 41.5 Å². The van der Waals surface area contributed by atoms with Crippen molar-refractivity contribution in [2.75, 3.05) is 0 Å². The zero-order chi connectivity index (χ0) is 22.1. The molecule has 6 nitrogen and oxygen atoms in total. The Labute approximate surface area is 169 Å². The fourth-order valence-electron chi connectivity index (χ4n) is 3.24. The largest absolute Gasteiger partial charge is 0.452 e. The monoisotopic (exact) mass is 420 g/mol. The van der Waals surface area contributed by atoms with E-state index in [1.54, 1.807) is 0 Å². The van der Waals surface area contributed by atoms with Crippen molar-refractivity contribution < 1.29 is 27.1 Å². The fraction of sp³-hybridized carbons (Fsp3) is 0.300. The van der Waals surface area contributed by atoms with Gasteiger partial charge in [0.05, 0.1) is 11.1 Å². The first kappa shape index (κ1) is 21.2. The normalized spacial score (nSPS) is 21.3. The molecule has 0 aliphatic carbocycles. The highest BCUT2D eigenvalue weighted by Crippen LogP contribution is 2.41. The number of hydrogen-bond acceptors (Lipinski definition) is 6. The Morgan fingerprint density at radius 2 is 2.10 bits per heavy atom. The average molecular weight is 420 g/mol. The summed E-state index contributed by atoms with van der Waals surface area (Å²) in [6, 6.07) is 8.04. The molecule has 1 aliphatic rings. The van der Waals surface area contributed by atoms with Crippen LogP contribution in [0.4, 0.5) is 17.6 Å². The molecule has 0 bridgehead atoms. The molecule has 1 aromatic carbocycles. The van der Waals surface area contributed by atoms with Crippen LogP contribution < -0.4 is 5.73 Å². The van der Waals surface area contributed by atoms with E-state index in [1.165, 1.54) is 43.5 Å². The van der Waals surface area contributed by atoms with Gasteiger partial charge in [0.15, 0.2) is 11.9 Å². The maximum Gasteiger partial charge on any atom is 0.425 e. The number of Topliss-reactive ketones (excluding diaryl/α,β-unsaturated/α-hetero) is 1. The molecule has 0 unspecified atom stereocenters. The zero-order valence-corrected chi connectivity index (χ0v) is 15.7. The smallest absolute Gasteiger partial charge is 0.425 e. The topological polar surface area (TPSA) is 101 Å². The van der Waals surface area contributed by atoms with E-state index in [4.69, 9.17) is 11.0 Å². The molecule has 0 fully saturated rings. The van der Waals surface area contributed by atoms with Gasteiger partial charge in [-0.3, -0.25) is 9.78 Å². The molecule has 2 N–H and O–H groups in total. The number of nitrogens with two attached hydrogens (primary N) is 1. The summed E-state index contributed by atoms with van der Waals surface area (Å²) in [6.07, 6.45) is -6.74. The second-order valence-corrected chi connectivity index (χ2v) is 7.00. The maximum absolute atomic E-state index is 15.2. The summed E-state index contributed by atoms with van der Waals surface area (Å²) >= 11 is 0. The Hall–Kier alpha value is -3.48. The van der Waals surface area contributed by atoms with Crippen LogP contribution in [-0.4, -0.2) is 29.1 Å². The third kappa shape index (κ3) is 4.25. The number of amidine groups is 1. The highest BCUT2D eigenvalue weighted by Gasteiger charge is 2.50. The van der Waals surface area contributed by atoms with E-state index < -0.39 is 41.9 Å². The summed E-state index contributed by atoms with van der Waals surface area (Å²) in [5.41, 5.74) is 3.96. The lowest BCUT2D eigenvalue weighted by Gasteiger charge is -2.36. The molecule has 0 saturated heterocycles. The predicted molar refractivity (Wildman–Crippen MR) is 97.9 cm³/mol. The first-order valence-electron chi connectivity index (χ1n) is 8.79. The van der Waals surface area contributed by atoms with Crippen molar-refractivity contribution in [3.05, 3.63) is 64.7 Å². The second kappa shape index (κ2) is 7.74. The number of ketones is 1. The summed E-state index contributed by atoms with van der Waals surface area (Å²) in [5, 5.41) is 8.78. The van der Waals surface area contributed by atoms with Crippen LogP contribution in [0.2, 0.25) is 0 Å². The highest BCUT2D eigenvalue weighted by molar-refractivity contribution is 5.95. The molecule has 2 heterocycles. The highest BCUT2D eigenvalue weighted by atomic mass is 19.4. The van der Waals surface area contributed by atoms with Gasteiger partial charge in [0.2, 0.25) is 0 Å². The quantitative estimate of drug-likeness (QED) is 0.604. The number of rotatable bonds is 4. The molecule has 1 aromatic heterocycles. The van der Waals surface area contributed by atoms with Gasteiger partial charge in [-0.25, -0.2) is 9.38 Å². The molecule has 0 amide bonds. The van der Waals surface area contributed by atoms with Gasteiger partial charge in [-0.2, -0.15) is 18.4 Å². The maximum atomic E-state index is 15.2. The van der Waals surface area contributed by atoms with Crippen LogP contribution in [0.1, 0.15) is 40.5 Å². The number of pyridine rings is 1. The lowest BCUT2D eigenvalue weighted by atomic mass is 9.84. The van der Waals surface area contributed by atoms with Gasteiger partial charge < -0.3 is 10.5 Å². The third-order valence-electron chi connectivity index (χ3n) is 4.76. The number of aliphatic imine (C=N–C) groups is 1. The first-order valence-corrected chi connectivity index (χ1v) is 8.79. The Morgan fingerprint density at radius 3 is 2.70 bits per heavy atom. The summed E-state index contributed by atoms with van der Waals surface area (Å²) in [5.74, 6) is -1.36. The predicted octanol–water partition coefficient (Wildman–Crippen LogP) is 3.40. The molecule has 30 heavy (non-hydrogen) atoms. The molecule has 2 aromatic rings. The van der Waals surface area contributed by atoms with Crippen molar-refractivity contribution in [1.29, 1.82) is 5.26 Å². The minimum Gasteiger partial charge on any atom is -0.452 e. The Kier molecular flexibility index (Phi) is 5.48. The Bertz CT molecular complexity index is 1040. The van der Waals surface area contributed by atoms with E-state index >= 15 is 4.39 Å². The third-order valence-corrected chi connectivity index (χ3v) is 4.76. The first-order chi connectivity index (χ1) is 14.0. The van der Waals surface area contributed by atoms with Crippen molar-refractivity contribution in [3.8, 4) is 6.07 Å². The van der Waals surface area contributed by atoms with Crippen molar-refractivity contribution in [1.82, 2.24) is 4.98 Å². The number of carbonyl (C=O) groups is 1. The number of nitriles is 1. The van der Waals surface area contributed by atoms with E-state index in [0.717, 1.165) is 0 Å². The minimum absolute atomic E-state index is 0.0197. The van der Waals surface area contributed by atoms with E-state index in [1.807, 2.05) is 6.07 Å². The molecule has 10 heteroatoms. The number of nitrogens with zero attached hydrogens (tertiary/aromatic N) is 3. The molecular weight excluding hydrogens is 404 g/mol. The van der Waals surface area contributed by atoms with Gasteiger partial charge in [0.25, 0.3) is 6.02 Å². The van der Waals surface area contributed by atoms with Gasteiger partial charge in [-0.05, 0) is 24.6 Å². The van der Waals surface area contributed by atoms with Gasteiger partial charge in [-0.15, -0.1) is 0 Å². The van der Waals surface area contributed by atoms with Crippen LogP contribution in [0.25, 0.3) is 0 Å². The van der Waals surface area contributed by atoms with Crippen LogP contribution in [-0.2, 0) is 16.7 Å². The van der Waals surface area contributed by atoms with Gasteiger partial charge >= 0.3 is 6.18 Å². The van der Waals surface area contributed by atoms with Gasteiger partial charge in [0.1, 0.15) is 17.6 Å². The van der Waals surface area contributed by atoms with Gasteiger partial charge in [-0.1, -0.05) is 18.2 Å². The molecule has 2 atom stereocenters. The summed E-state index contributed by atoms with van der Waals surface area (Å²) in [4.78, 5) is 20.2. The second-order valence-electron chi connectivity index (χ2n) is 7.00. The number of aromatic nitrogens is 1. The average Bonchev–Trinajstić information content (AvgIpc) is 2.68. The zero-order valence-electron chi connectivity index (χ0n) is 15.7. The van der Waals surface area contributed by atoms with Crippen molar-refractivity contribution in [2.24, 2.45) is 10.7 Å². The minimum atomic E-state index is -4.70. The molecule has 0 radical (unpaired) electrons. The summed E-state index contributed by atoms with van der Waals surface area (Å²) in [6.45, 7) is 1.33. The standard InChI is InChI=1S/C20H16F4N4O2/c1-19(8-16(20(22,23)24)30-18(26)28-19)13-4-2-3-12(17(13)21)7-15(29)14-6-5-11(9-25)10-27-14/h2-6,10,16H,7-8H2,1H3,(H2,26,28)/t16-,19-/m0/s1. The van der Waals surface area contributed by atoms with Crippen LogP contribution >= 0.6 is 0 Å². The molecular formula is C20H16F4N4O2. The molecule has 3 rings (SSSR count). The molecule has 0 saturated carbocycles. The number of hydrogen-bond donors (Lipinski definition) is 1. The van der Waals surface area contributed by atoms with Crippen LogP contribution in [0.5, 0.6) is 0 Å². The van der Waals surface area contributed by atoms with Crippen molar-refractivity contribution in [2.45, 2.75) is 37.6 Å². The lowest BCUT2D eigenvalue weighted by Crippen LogP contribution is -2.46. The van der Waals surface area contributed by atoms with E-state index in [0.29, 0.717) is 0 Å². The number of halogens is 4.